The molecule has 1 heterocycles. The summed E-state index contributed by atoms with van der Waals surface area (Å²) in [5.74, 6) is -1.50. The van der Waals surface area contributed by atoms with E-state index in [9.17, 15) is 9.18 Å². The number of hydrogen-bond acceptors (Lipinski definition) is 4. The monoisotopic (exact) mass is 278 g/mol. The average molecular weight is 278 g/mol. The predicted octanol–water partition coefficient (Wildman–Crippen LogP) is 1.37. The molecule has 1 saturated heterocycles. The lowest BCUT2D eigenvalue weighted by Gasteiger charge is -2.47. The summed E-state index contributed by atoms with van der Waals surface area (Å²) in [5, 5.41) is 17.4. The van der Waals surface area contributed by atoms with Crippen molar-refractivity contribution in [1.29, 1.82) is 5.26 Å². The van der Waals surface area contributed by atoms with Crippen molar-refractivity contribution in [3.63, 3.8) is 0 Å². The fourth-order valence-corrected chi connectivity index (χ4v) is 2.35. The van der Waals surface area contributed by atoms with Crippen molar-refractivity contribution in [3.05, 3.63) is 35.1 Å². The van der Waals surface area contributed by atoms with E-state index in [-0.39, 0.29) is 12.2 Å². The minimum atomic E-state index is -0.984. The molecule has 1 aliphatic rings. The minimum Gasteiger partial charge on any atom is -0.480 e. The van der Waals surface area contributed by atoms with E-state index >= 15 is 0 Å². The number of ether oxygens (including phenoxy) is 1. The number of carbonyl (C=O) groups is 1. The maximum Gasteiger partial charge on any atom is 0.329 e. The number of nitriles is 1. The number of nitrogens with zero attached hydrogens (tertiary/aromatic N) is 2. The first-order valence-corrected chi connectivity index (χ1v) is 6.18. The van der Waals surface area contributed by atoms with Gasteiger partial charge >= 0.3 is 5.97 Å². The SMILES string of the molecule is CC1(OCC(=O)O)CN(Cc2ccc(F)c(C#N)c2)C1. The van der Waals surface area contributed by atoms with Gasteiger partial charge in [-0.3, -0.25) is 4.90 Å². The fourth-order valence-electron chi connectivity index (χ4n) is 2.35. The van der Waals surface area contributed by atoms with Gasteiger partial charge in [0.05, 0.1) is 11.2 Å². The lowest BCUT2D eigenvalue weighted by atomic mass is 9.95. The van der Waals surface area contributed by atoms with Crippen LogP contribution in [0.1, 0.15) is 18.1 Å². The Morgan fingerprint density at radius 3 is 2.90 bits per heavy atom. The lowest BCUT2D eigenvalue weighted by molar-refractivity contribution is -0.165. The van der Waals surface area contributed by atoms with Crippen molar-refractivity contribution < 1.29 is 19.0 Å². The second kappa shape index (κ2) is 5.57. The number of carboxylic acids is 1. The Morgan fingerprint density at radius 1 is 1.60 bits per heavy atom. The first-order chi connectivity index (χ1) is 9.42. The largest absolute Gasteiger partial charge is 0.480 e. The highest BCUT2D eigenvalue weighted by Crippen LogP contribution is 2.26. The van der Waals surface area contributed by atoms with Gasteiger partial charge in [0.2, 0.25) is 0 Å². The van der Waals surface area contributed by atoms with Gasteiger partial charge in [0.25, 0.3) is 0 Å². The Labute approximate surface area is 116 Å². The van der Waals surface area contributed by atoms with Gasteiger partial charge in [-0.05, 0) is 24.6 Å². The highest BCUT2D eigenvalue weighted by molar-refractivity contribution is 5.68. The number of rotatable bonds is 5. The normalized spacial score (nSPS) is 17.2. The van der Waals surface area contributed by atoms with Gasteiger partial charge in [-0.2, -0.15) is 5.26 Å². The summed E-state index contributed by atoms with van der Waals surface area (Å²) in [7, 11) is 0. The molecule has 1 aliphatic heterocycles. The molecule has 0 radical (unpaired) electrons. The molecule has 5 nitrogen and oxygen atoms in total. The Morgan fingerprint density at radius 2 is 2.30 bits per heavy atom. The fraction of sp³-hybridized carbons (Fsp3) is 0.429. The van der Waals surface area contributed by atoms with E-state index in [1.54, 1.807) is 6.07 Å². The molecule has 20 heavy (non-hydrogen) atoms. The maximum atomic E-state index is 13.2. The molecule has 0 saturated carbocycles. The van der Waals surface area contributed by atoms with Crippen LogP contribution in [0.2, 0.25) is 0 Å². The standard InChI is InChI=1S/C14H15FN2O3/c1-14(20-7-13(18)19)8-17(9-14)6-10-2-3-12(15)11(4-10)5-16/h2-4H,6-9H2,1H3,(H,18,19). The summed E-state index contributed by atoms with van der Waals surface area (Å²) < 4.78 is 18.5. The lowest BCUT2D eigenvalue weighted by Crippen LogP contribution is -2.61. The highest BCUT2D eigenvalue weighted by atomic mass is 19.1. The first kappa shape index (κ1) is 14.4. The molecule has 0 bridgehead atoms. The van der Waals surface area contributed by atoms with Crippen LogP contribution in [-0.4, -0.2) is 41.3 Å². The first-order valence-electron chi connectivity index (χ1n) is 6.18. The highest BCUT2D eigenvalue weighted by Gasteiger charge is 2.39. The average Bonchev–Trinajstić information content (AvgIpc) is 2.36. The van der Waals surface area contributed by atoms with E-state index in [2.05, 4.69) is 4.90 Å². The van der Waals surface area contributed by atoms with Crippen molar-refractivity contribution in [2.75, 3.05) is 19.7 Å². The number of benzene rings is 1. The third-order valence-electron chi connectivity index (χ3n) is 3.22. The molecular formula is C14H15FN2O3. The zero-order chi connectivity index (χ0) is 14.8. The van der Waals surface area contributed by atoms with Gasteiger partial charge in [-0.1, -0.05) is 6.07 Å². The van der Waals surface area contributed by atoms with E-state index in [4.69, 9.17) is 15.1 Å². The molecule has 1 N–H and O–H groups in total. The van der Waals surface area contributed by atoms with E-state index in [0.717, 1.165) is 5.56 Å². The van der Waals surface area contributed by atoms with Gasteiger partial charge in [-0.25, -0.2) is 9.18 Å². The van der Waals surface area contributed by atoms with Crippen LogP contribution in [0.5, 0.6) is 0 Å². The van der Waals surface area contributed by atoms with Crippen molar-refractivity contribution in [3.8, 4) is 6.07 Å². The van der Waals surface area contributed by atoms with Gasteiger partial charge in [0.1, 0.15) is 18.5 Å². The molecule has 0 amide bonds. The van der Waals surface area contributed by atoms with E-state index in [1.165, 1.54) is 12.1 Å². The molecule has 0 aliphatic carbocycles. The van der Waals surface area contributed by atoms with Crippen LogP contribution in [0.3, 0.4) is 0 Å². The topological polar surface area (TPSA) is 73.6 Å². The van der Waals surface area contributed by atoms with Crippen LogP contribution in [0, 0.1) is 17.1 Å². The van der Waals surface area contributed by atoms with Crippen molar-refractivity contribution in [2.45, 2.75) is 19.1 Å². The van der Waals surface area contributed by atoms with E-state index < -0.39 is 17.4 Å². The minimum absolute atomic E-state index is 0.0351. The second-order valence-corrected chi connectivity index (χ2v) is 5.20. The quantitative estimate of drug-likeness (QED) is 0.880. The summed E-state index contributed by atoms with van der Waals surface area (Å²) >= 11 is 0. The predicted molar refractivity (Wildman–Crippen MR) is 68.4 cm³/mol. The molecule has 1 fully saturated rings. The van der Waals surface area contributed by atoms with Gasteiger partial charge in [0, 0.05) is 19.6 Å². The number of hydrogen-bond donors (Lipinski definition) is 1. The van der Waals surface area contributed by atoms with Gasteiger partial charge < -0.3 is 9.84 Å². The summed E-state index contributed by atoms with van der Waals surface area (Å²) in [4.78, 5) is 12.5. The van der Waals surface area contributed by atoms with Crippen molar-refractivity contribution >= 4 is 5.97 Å². The molecule has 0 unspecified atom stereocenters. The van der Waals surface area contributed by atoms with Crippen molar-refractivity contribution in [2.24, 2.45) is 0 Å². The van der Waals surface area contributed by atoms with Crippen LogP contribution in [-0.2, 0) is 16.1 Å². The number of halogens is 1. The van der Waals surface area contributed by atoms with Crippen LogP contribution in [0.15, 0.2) is 18.2 Å². The Bertz CT molecular complexity index is 562. The summed E-state index contributed by atoms with van der Waals surface area (Å²) in [6.07, 6.45) is 0. The molecular weight excluding hydrogens is 263 g/mol. The van der Waals surface area contributed by atoms with Crippen molar-refractivity contribution in [1.82, 2.24) is 4.90 Å². The zero-order valence-corrected chi connectivity index (χ0v) is 11.1. The van der Waals surface area contributed by atoms with Crippen LogP contribution in [0.4, 0.5) is 4.39 Å². The number of aliphatic carboxylic acids is 1. The molecule has 6 heteroatoms. The van der Waals surface area contributed by atoms with Gasteiger partial charge in [0.15, 0.2) is 0 Å². The Balaban J connectivity index is 1.88. The summed E-state index contributed by atoms with van der Waals surface area (Å²) in [6, 6.07) is 6.27. The van der Waals surface area contributed by atoms with Gasteiger partial charge in [-0.15, -0.1) is 0 Å². The number of likely N-dealkylation sites (tertiary alicyclic amines) is 1. The van der Waals surface area contributed by atoms with E-state index in [1.807, 2.05) is 13.0 Å². The van der Waals surface area contributed by atoms with Crippen LogP contribution < -0.4 is 0 Å². The molecule has 1 aromatic carbocycles. The maximum absolute atomic E-state index is 13.2. The smallest absolute Gasteiger partial charge is 0.329 e. The molecule has 106 valence electrons. The third kappa shape index (κ3) is 3.32. The second-order valence-electron chi connectivity index (χ2n) is 5.20. The molecule has 1 aromatic rings. The summed E-state index contributed by atoms with van der Waals surface area (Å²) in [6.45, 7) is 3.36. The third-order valence-corrected chi connectivity index (χ3v) is 3.22. The molecule has 2 rings (SSSR count). The number of carboxylic acid groups (broad SMARTS) is 1. The van der Waals surface area contributed by atoms with Crippen LogP contribution in [0.25, 0.3) is 0 Å². The Kier molecular flexibility index (Phi) is 4.02. The Hall–Kier alpha value is -1.97. The zero-order valence-electron chi connectivity index (χ0n) is 11.1. The molecule has 0 aromatic heterocycles. The van der Waals surface area contributed by atoms with Crippen LogP contribution >= 0.6 is 0 Å². The molecule has 0 atom stereocenters. The summed E-state index contributed by atoms with van der Waals surface area (Å²) in [5.41, 5.74) is 0.437. The molecule has 0 spiro atoms. The van der Waals surface area contributed by atoms with E-state index in [0.29, 0.717) is 19.6 Å².